The molecule has 0 radical (unpaired) electrons. The van der Waals surface area contributed by atoms with Gasteiger partial charge >= 0.3 is 0 Å². The van der Waals surface area contributed by atoms with Crippen LogP contribution in [0.5, 0.6) is 0 Å². The number of nitrogens with zero attached hydrogens (tertiary/aromatic N) is 1. The minimum atomic E-state index is -0.0697. The number of carbonyl (C=O) groups is 1. The molecule has 2 aromatic rings. The highest BCUT2D eigenvalue weighted by atomic mass is 79.9. The molecule has 0 bridgehead atoms. The molecule has 5 heteroatoms. The van der Waals surface area contributed by atoms with E-state index in [1.165, 1.54) is 0 Å². The Hall–Kier alpha value is -1.33. The van der Waals surface area contributed by atoms with Crippen LogP contribution in [0.25, 0.3) is 10.2 Å². The van der Waals surface area contributed by atoms with Crippen molar-refractivity contribution in [1.29, 1.82) is 0 Å². The molecule has 0 spiro atoms. The van der Waals surface area contributed by atoms with E-state index in [1.54, 1.807) is 17.4 Å². The maximum atomic E-state index is 12.2. The summed E-state index contributed by atoms with van der Waals surface area (Å²) in [6.45, 7) is 6.74. The van der Waals surface area contributed by atoms with E-state index in [9.17, 15) is 4.79 Å². The van der Waals surface area contributed by atoms with Crippen molar-refractivity contribution in [3.8, 4) is 0 Å². The number of hydrogen-bond acceptors (Lipinski definition) is 2. The molecule has 0 aliphatic rings. The third-order valence-corrected chi connectivity index (χ3v) is 4.57. The van der Waals surface area contributed by atoms with Crippen molar-refractivity contribution >= 4 is 43.4 Å². The van der Waals surface area contributed by atoms with E-state index in [-0.39, 0.29) is 5.91 Å². The average molecular weight is 339 g/mol. The lowest BCUT2D eigenvalue weighted by Gasteiger charge is -2.08. The van der Waals surface area contributed by atoms with E-state index in [2.05, 4.69) is 27.8 Å². The Kier molecular flexibility index (Phi) is 4.61. The van der Waals surface area contributed by atoms with E-state index in [1.807, 2.05) is 35.1 Å². The van der Waals surface area contributed by atoms with Gasteiger partial charge in [0.25, 0.3) is 5.91 Å². The monoisotopic (exact) mass is 338 g/mol. The summed E-state index contributed by atoms with van der Waals surface area (Å²) in [6.07, 6.45) is 5.70. The number of nitrogens with one attached hydrogen (secondary N) is 1. The summed E-state index contributed by atoms with van der Waals surface area (Å²) in [5, 5.41) is 4.87. The molecule has 1 amide bonds. The maximum Gasteiger partial charge on any atom is 0.268 e. The molecule has 0 aliphatic heterocycles. The molecular formula is C14H15BrN2OS. The lowest BCUT2D eigenvalue weighted by atomic mass is 10.4. The molecular weight excluding hydrogens is 324 g/mol. The second-order valence-corrected chi connectivity index (χ2v) is 5.77. The maximum absolute atomic E-state index is 12.2. The minimum Gasteiger partial charge on any atom is -0.347 e. The zero-order chi connectivity index (χ0) is 13.8. The molecule has 19 heavy (non-hydrogen) atoms. The largest absolute Gasteiger partial charge is 0.347 e. The van der Waals surface area contributed by atoms with Crippen LogP contribution in [-0.2, 0) is 6.54 Å². The molecule has 0 unspecified atom stereocenters. The predicted octanol–water partition coefficient (Wildman–Crippen LogP) is 3.96. The normalized spacial score (nSPS) is 11.3. The second kappa shape index (κ2) is 6.21. The van der Waals surface area contributed by atoms with Crippen LogP contribution in [0.4, 0.5) is 0 Å². The molecule has 0 saturated carbocycles. The van der Waals surface area contributed by atoms with Crippen molar-refractivity contribution in [2.45, 2.75) is 13.5 Å². The summed E-state index contributed by atoms with van der Waals surface area (Å²) in [5.74, 6) is -0.0697. The molecule has 0 aliphatic carbocycles. The number of allylic oxidation sites excluding steroid dienone is 2. The zero-order valence-corrected chi connectivity index (χ0v) is 13.1. The van der Waals surface area contributed by atoms with Crippen LogP contribution >= 0.6 is 27.3 Å². The highest BCUT2D eigenvalue weighted by molar-refractivity contribution is 9.10. The van der Waals surface area contributed by atoms with Crippen LogP contribution in [0, 0.1) is 0 Å². The van der Waals surface area contributed by atoms with Crippen LogP contribution in [0.2, 0.25) is 0 Å². The summed E-state index contributed by atoms with van der Waals surface area (Å²) in [7, 11) is 0. The number of thiophene rings is 1. The van der Waals surface area contributed by atoms with Gasteiger partial charge in [0.1, 0.15) is 5.69 Å². The molecule has 0 fully saturated rings. The number of rotatable bonds is 5. The number of carbonyl (C=O) groups excluding carboxylic acids is 1. The smallest absolute Gasteiger partial charge is 0.268 e. The highest BCUT2D eigenvalue weighted by Crippen LogP contribution is 2.33. The van der Waals surface area contributed by atoms with Crippen LogP contribution < -0.4 is 5.32 Å². The van der Waals surface area contributed by atoms with Gasteiger partial charge in [-0.3, -0.25) is 4.79 Å². The Morgan fingerprint density at radius 1 is 1.63 bits per heavy atom. The van der Waals surface area contributed by atoms with Crippen molar-refractivity contribution in [2.75, 3.05) is 6.54 Å². The SMILES string of the molecule is C=CCNC(=O)c1cc2scc(Br)c2n1C/C=C/C. The number of fused-ring (bicyclic) bond motifs is 1. The predicted molar refractivity (Wildman–Crippen MR) is 84.9 cm³/mol. The van der Waals surface area contributed by atoms with Gasteiger partial charge in [-0.05, 0) is 28.9 Å². The second-order valence-electron chi connectivity index (χ2n) is 4.00. The fourth-order valence-corrected chi connectivity index (χ4v) is 3.57. The first-order valence-corrected chi connectivity index (χ1v) is 7.62. The van der Waals surface area contributed by atoms with E-state index in [0.29, 0.717) is 18.8 Å². The van der Waals surface area contributed by atoms with Gasteiger partial charge < -0.3 is 9.88 Å². The first kappa shape index (κ1) is 14.1. The van der Waals surface area contributed by atoms with Crippen LogP contribution in [0.15, 0.2) is 40.7 Å². The molecule has 2 heterocycles. The van der Waals surface area contributed by atoms with Gasteiger partial charge in [-0.15, -0.1) is 17.9 Å². The molecule has 0 aromatic carbocycles. The number of amides is 1. The molecule has 0 atom stereocenters. The Balaban J connectivity index is 2.46. The summed E-state index contributed by atoms with van der Waals surface area (Å²) in [5.41, 5.74) is 1.76. The molecule has 3 nitrogen and oxygen atoms in total. The van der Waals surface area contributed by atoms with E-state index in [4.69, 9.17) is 0 Å². The summed E-state index contributed by atoms with van der Waals surface area (Å²) in [4.78, 5) is 12.2. The molecule has 0 saturated heterocycles. The third kappa shape index (κ3) is 2.82. The van der Waals surface area contributed by atoms with Crippen LogP contribution in [0.1, 0.15) is 17.4 Å². The van der Waals surface area contributed by atoms with Crippen molar-refractivity contribution in [2.24, 2.45) is 0 Å². The fraction of sp³-hybridized carbons (Fsp3) is 0.214. The lowest BCUT2D eigenvalue weighted by molar-refractivity contribution is 0.0949. The van der Waals surface area contributed by atoms with Crippen LogP contribution in [-0.4, -0.2) is 17.0 Å². The first-order chi connectivity index (χ1) is 9.19. The Morgan fingerprint density at radius 2 is 2.42 bits per heavy atom. The van der Waals surface area contributed by atoms with E-state index < -0.39 is 0 Å². The molecule has 1 N–H and O–H groups in total. The molecule has 100 valence electrons. The van der Waals surface area contributed by atoms with Crippen LogP contribution in [0.3, 0.4) is 0 Å². The van der Waals surface area contributed by atoms with Gasteiger partial charge in [0.15, 0.2) is 0 Å². The Bertz CT molecular complexity index is 639. The first-order valence-electron chi connectivity index (χ1n) is 5.95. The fourth-order valence-electron chi connectivity index (χ4n) is 1.88. The standard InChI is InChI=1S/C14H15BrN2OS/c1-3-5-7-17-11(14(18)16-6-4-2)8-12-13(17)10(15)9-19-12/h3-5,8-9H,2,6-7H2,1H3,(H,16,18)/b5-3+. The summed E-state index contributed by atoms with van der Waals surface area (Å²) in [6, 6.07) is 1.94. The quantitative estimate of drug-likeness (QED) is 0.822. The van der Waals surface area contributed by atoms with Gasteiger partial charge in [0.05, 0.1) is 14.7 Å². The van der Waals surface area contributed by atoms with Crippen molar-refractivity contribution in [1.82, 2.24) is 9.88 Å². The lowest BCUT2D eigenvalue weighted by Crippen LogP contribution is -2.25. The number of aromatic nitrogens is 1. The van der Waals surface area contributed by atoms with Crippen molar-refractivity contribution in [3.63, 3.8) is 0 Å². The minimum absolute atomic E-state index is 0.0697. The molecule has 2 rings (SSSR count). The Labute approximate surface area is 124 Å². The third-order valence-electron chi connectivity index (χ3n) is 2.74. The zero-order valence-electron chi connectivity index (χ0n) is 10.6. The number of halogens is 1. The Morgan fingerprint density at radius 3 is 3.11 bits per heavy atom. The van der Waals surface area contributed by atoms with E-state index >= 15 is 0 Å². The summed E-state index contributed by atoms with van der Waals surface area (Å²) < 4.78 is 4.16. The summed E-state index contributed by atoms with van der Waals surface area (Å²) >= 11 is 5.17. The van der Waals surface area contributed by atoms with Gasteiger partial charge in [0.2, 0.25) is 0 Å². The average Bonchev–Trinajstić information content (AvgIpc) is 2.94. The van der Waals surface area contributed by atoms with Crippen molar-refractivity contribution < 1.29 is 4.79 Å². The van der Waals surface area contributed by atoms with Gasteiger partial charge in [-0.2, -0.15) is 0 Å². The highest BCUT2D eigenvalue weighted by Gasteiger charge is 2.17. The van der Waals surface area contributed by atoms with Gasteiger partial charge in [-0.1, -0.05) is 18.2 Å². The number of hydrogen-bond donors (Lipinski definition) is 1. The van der Waals surface area contributed by atoms with Gasteiger partial charge in [-0.25, -0.2) is 0 Å². The van der Waals surface area contributed by atoms with E-state index in [0.717, 1.165) is 14.7 Å². The van der Waals surface area contributed by atoms with Crippen molar-refractivity contribution in [3.05, 3.63) is 46.4 Å². The topological polar surface area (TPSA) is 34.0 Å². The van der Waals surface area contributed by atoms with Gasteiger partial charge in [0, 0.05) is 18.5 Å². The molecule has 2 aromatic heterocycles.